The second-order valence-electron chi connectivity index (χ2n) is 26.5. The molecule has 25 nitrogen and oxygen atoms in total. The van der Waals surface area contributed by atoms with E-state index in [2.05, 4.69) is 31.9 Å². The lowest BCUT2D eigenvalue weighted by atomic mass is 9.89. The Kier molecular flexibility index (Phi) is 34.2. The number of imide groups is 1. The first-order valence-corrected chi connectivity index (χ1v) is 34.4. The number of hydrogen-bond acceptors (Lipinski definition) is 14. The molecular weight excluding hydrogens is 1230 g/mol. The topological polar surface area (TPSA) is 338 Å². The number of urea groups is 1. The van der Waals surface area contributed by atoms with E-state index in [1.165, 1.54) is 26.4 Å². The number of unbranched alkanes of at least 4 members (excludes halogenated alkanes) is 3. The number of anilines is 1. The minimum atomic E-state index is -1.18. The van der Waals surface area contributed by atoms with Crippen LogP contribution in [0.3, 0.4) is 0 Å². The van der Waals surface area contributed by atoms with Crippen LogP contribution in [0, 0.1) is 29.6 Å². The number of aliphatic carboxylic acids is 1. The van der Waals surface area contributed by atoms with Crippen molar-refractivity contribution < 1.29 is 67.3 Å². The highest BCUT2D eigenvalue weighted by molar-refractivity contribution is 6.12. The minimum absolute atomic E-state index is 0.0712. The van der Waals surface area contributed by atoms with Gasteiger partial charge in [-0.2, -0.15) is 0 Å². The maximum Gasteiger partial charge on any atom is 0.326 e. The molecular formula is C71H111N11O14. The molecule has 4 rings (SSSR count). The monoisotopic (exact) mass is 1340 g/mol. The van der Waals surface area contributed by atoms with Gasteiger partial charge in [0, 0.05) is 78.1 Å². The van der Waals surface area contributed by atoms with Gasteiger partial charge in [-0.1, -0.05) is 130 Å². The molecule has 1 fully saturated rings. The number of hydrogen-bond donors (Lipinski definition) is 8. The molecule has 2 aromatic carbocycles. The Morgan fingerprint density at radius 3 is 1.91 bits per heavy atom. The SMILES string of the molecule is CCC(CC)[C@@H](C(=O)N[C@H](C(=O)N(C)[C@@H]([C@@H](C)CC)[C@@H](CC(=O)N1CCC[C@H]1[C@H](OC)[C@@H](C)C(=O)N[C@@H](Cc1ccccc1)C(=O)O)OC)C(C)C)N(C)CCc1ccc(NC(=O)[C@H](CCCCNC(N)=O)NC(=O)[C@@H](NC(=O)CCCCCN2C(=O)C=CC2=O)C(C)C)cc1. The first-order chi connectivity index (χ1) is 45.6. The Morgan fingerprint density at radius 1 is 0.698 bits per heavy atom. The third kappa shape index (κ3) is 24.4. The van der Waals surface area contributed by atoms with Gasteiger partial charge in [-0.05, 0) is 105 Å². The summed E-state index contributed by atoms with van der Waals surface area (Å²) in [7, 11) is 6.58. The molecule has 9 N–H and O–H groups in total. The highest BCUT2D eigenvalue weighted by atomic mass is 16.5. The maximum absolute atomic E-state index is 15.0. The van der Waals surface area contributed by atoms with Crippen LogP contribution >= 0.6 is 0 Å². The molecule has 0 aliphatic carbocycles. The molecule has 1 saturated heterocycles. The van der Waals surface area contributed by atoms with Crippen molar-refractivity contribution in [3.8, 4) is 0 Å². The summed E-state index contributed by atoms with van der Waals surface area (Å²) in [6, 6.07) is 9.83. The fraction of sp³-hybridized carbons (Fsp3) is 0.648. The van der Waals surface area contributed by atoms with Crippen LogP contribution in [0.2, 0.25) is 0 Å². The van der Waals surface area contributed by atoms with E-state index in [0.29, 0.717) is 89.4 Å². The van der Waals surface area contributed by atoms with E-state index in [-0.39, 0.29) is 97.9 Å². The van der Waals surface area contributed by atoms with Gasteiger partial charge in [0.25, 0.3) is 11.8 Å². The van der Waals surface area contributed by atoms with Gasteiger partial charge in [0.2, 0.25) is 41.4 Å². The maximum atomic E-state index is 15.0. The summed E-state index contributed by atoms with van der Waals surface area (Å²) in [5.74, 6) is -6.35. The van der Waals surface area contributed by atoms with E-state index in [9.17, 15) is 53.1 Å². The highest BCUT2D eigenvalue weighted by Crippen LogP contribution is 2.31. The first-order valence-electron chi connectivity index (χ1n) is 34.4. The summed E-state index contributed by atoms with van der Waals surface area (Å²) in [5.41, 5.74) is 7.39. The lowest BCUT2D eigenvalue weighted by Gasteiger charge is -2.41. The van der Waals surface area contributed by atoms with Gasteiger partial charge < -0.3 is 62.0 Å². The standard InChI is InChI=1S/C71H111N11O14/c1-14-46(8)62(55(95-12)43-59(86)81-40-25-29-54(81)64(96-13)47(9)65(87)76-53(70(92)93)42-49-26-19-17-20-27-49)80(11)69(91)61(45(6)7)78-68(90)63(50(15-2)16-3)79(10)41-37-48-31-33-51(34-32-48)74-66(88)52(28-22-23-38-73-71(72)94)75-67(89)60(44(4)5)77-56(83)30-21-18-24-39-82-57(84)35-36-58(82)85/h17,19-20,26-27,31-36,44-47,50,52-55,60-64H,14-16,18,21-25,28-30,37-43H2,1-13H3,(H,74,88)(H,75,89)(H,76,87)(H,77,83)(H,78,90)(H,92,93)(H3,72,73,94)/t46-,47+,52-,53-,54-,55+,60-,61-,62-,63-,64+/m0/s1. The Labute approximate surface area is 568 Å². The van der Waals surface area contributed by atoms with E-state index in [4.69, 9.17) is 15.2 Å². The van der Waals surface area contributed by atoms with Crippen LogP contribution in [0.1, 0.15) is 157 Å². The number of rotatable bonds is 43. The van der Waals surface area contributed by atoms with E-state index in [0.717, 1.165) is 16.0 Å². The molecule has 11 atom stereocenters. The van der Waals surface area contributed by atoms with Crippen LogP contribution in [-0.2, 0) is 70.3 Å². The highest BCUT2D eigenvalue weighted by Gasteiger charge is 2.44. The van der Waals surface area contributed by atoms with Crippen molar-refractivity contribution in [2.45, 2.75) is 213 Å². The number of nitrogens with zero attached hydrogens (tertiary/aromatic N) is 4. The van der Waals surface area contributed by atoms with Crippen LogP contribution < -0.4 is 37.6 Å². The molecule has 0 aromatic heterocycles. The van der Waals surface area contributed by atoms with Gasteiger partial charge in [-0.25, -0.2) is 9.59 Å². The Bertz CT molecular complexity index is 2890. The molecule has 11 amide bonds. The number of carbonyl (C=O) groups excluding carboxylic acids is 10. The van der Waals surface area contributed by atoms with Gasteiger partial charge in [-0.3, -0.25) is 53.0 Å². The molecule has 0 spiro atoms. The number of amides is 11. The molecule has 2 aliphatic rings. The molecule has 0 unspecified atom stereocenters. The summed E-state index contributed by atoms with van der Waals surface area (Å²) >= 11 is 0. The number of methoxy groups -OCH3 is 2. The van der Waals surface area contributed by atoms with Crippen LogP contribution in [0.15, 0.2) is 66.7 Å². The number of carboxylic acid groups (broad SMARTS) is 1. The van der Waals surface area contributed by atoms with Crippen molar-refractivity contribution in [2.24, 2.45) is 35.3 Å². The van der Waals surface area contributed by atoms with Crippen molar-refractivity contribution in [3.63, 3.8) is 0 Å². The first kappa shape index (κ1) is 80.7. The summed E-state index contributed by atoms with van der Waals surface area (Å²) < 4.78 is 12.1. The van der Waals surface area contributed by atoms with Gasteiger partial charge in [0.1, 0.15) is 24.2 Å². The Hall–Kier alpha value is -7.77. The zero-order valence-electron chi connectivity index (χ0n) is 59.0. The number of carbonyl (C=O) groups is 11. The Morgan fingerprint density at radius 2 is 1.33 bits per heavy atom. The van der Waals surface area contributed by atoms with E-state index >= 15 is 4.79 Å². The molecule has 2 heterocycles. The summed E-state index contributed by atoms with van der Waals surface area (Å²) in [6.07, 6.45) is 7.50. The number of ether oxygens (including phenoxy) is 2. The zero-order valence-corrected chi connectivity index (χ0v) is 59.0. The van der Waals surface area contributed by atoms with Gasteiger partial charge >= 0.3 is 12.0 Å². The molecule has 2 aliphatic heterocycles. The average Bonchev–Trinajstić information content (AvgIpc) is 1.49. The van der Waals surface area contributed by atoms with Gasteiger partial charge in [0.05, 0.1) is 42.7 Å². The van der Waals surface area contributed by atoms with Crippen molar-refractivity contribution in [2.75, 3.05) is 59.8 Å². The molecule has 0 saturated carbocycles. The number of primary amides is 1. The zero-order chi connectivity index (χ0) is 71.3. The molecule has 0 radical (unpaired) electrons. The summed E-state index contributed by atoms with van der Waals surface area (Å²) in [4.78, 5) is 153. The fourth-order valence-corrected chi connectivity index (χ4v) is 12.9. The largest absolute Gasteiger partial charge is 0.480 e. The molecule has 534 valence electrons. The number of benzene rings is 2. The quantitative estimate of drug-likeness (QED) is 0.0290. The number of nitrogens with one attached hydrogen (secondary N) is 6. The summed E-state index contributed by atoms with van der Waals surface area (Å²) in [6.45, 7) is 18.5. The van der Waals surface area contributed by atoms with Gasteiger partial charge in [-0.15, -0.1) is 0 Å². The van der Waals surface area contributed by atoms with Crippen molar-refractivity contribution in [1.82, 2.24) is 46.2 Å². The van der Waals surface area contributed by atoms with E-state index in [1.807, 2.05) is 71.7 Å². The number of nitrogens with two attached hydrogens (primary N) is 1. The molecule has 0 bridgehead atoms. The second-order valence-corrected chi connectivity index (χ2v) is 26.5. The van der Waals surface area contributed by atoms with Crippen LogP contribution in [0.5, 0.6) is 0 Å². The predicted molar refractivity (Wildman–Crippen MR) is 366 cm³/mol. The molecule has 96 heavy (non-hydrogen) atoms. The van der Waals surface area contributed by atoms with Crippen molar-refractivity contribution in [1.29, 1.82) is 0 Å². The van der Waals surface area contributed by atoms with Crippen molar-refractivity contribution in [3.05, 3.63) is 77.9 Å². The number of likely N-dealkylation sites (tertiary alicyclic amines) is 1. The third-order valence-electron chi connectivity index (χ3n) is 18.9. The van der Waals surface area contributed by atoms with E-state index in [1.54, 1.807) is 74.0 Å². The van der Waals surface area contributed by atoms with E-state index < -0.39 is 90.1 Å². The molecule has 25 heteroatoms. The van der Waals surface area contributed by atoms with Crippen LogP contribution in [0.25, 0.3) is 0 Å². The van der Waals surface area contributed by atoms with Crippen molar-refractivity contribution >= 4 is 70.9 Å². The normalized spacial score (nSPS) is 17.1. The van der Waals surface area contributed by atoms with Crippen LogP contribution in [0.4, 0.5) is 10.5 Å². The molecule has 2 aromatic rings. The lowest BCUT2D eigenvalue weighted by molar-refractivity contribution is -0.148. The van der Waals surface area contributed by atoms with Gasteiger partial charge in [0.15, 0.2) is 0 Å². The fourth-order valence-electron chi connectivity index (χ4n) is 12.9. The average molecular weight is 1340 g/mol. The minimum Gasteiger partial charge on any atom is -0.480 e. The summed E-state index contributed by atoms with van der Waals surface area (Å²) in [5, 5.41) is 27.0. The number of likely N-dealkylation sites (N-methyl/N-ethyl adjacent to an activating group) is 2. The smallest absolute Gasteiger partial charge is 0.326 e. The lowest BCUT2D eigenvalue weighted by Crippen LogP contribution is -2.60. The number of carboxylic acids is 1. The van der Waals surface area contributed by atoms with Crippen LogP contribution in [-0.4, -0.2) is 199 Å². The Balaban J connectivity index is 1.42. The predicted octanol–water partition coefficient (Wildman–Crippen LogP) is 5.73. The third-order valence-corrected chi connectivity index (χ3v) is 18.9. The second kappa shape index (κ2) is 40.7.